The van der Waals surface area contributed by atoms with Gasteiger partial charge in [0.25, 0.3) is 5.56 Å². The first-order chi connectivity index (χ1) is 13.5. The lowest BCUT2D eigenvalue weighted by atomic mass is 10.1. The number of benzene rings is 2. The first-order valence-corrected chi connectivity index (χ1v) is 10.5. The van der Waals surface area contributed by atoms with Gasteiger partial charge in [-0.05, 0) is 61.9 Å². The molecule has 1 N–H and O–H groups in total. The summed E-state index contributed by atoms with van der Waals surface area (Å²) in [6.07, 6.45) is 2.31. The minimum Gasteiger partial charge on any atom is -0.288 e. The number of hydrogen-bond acceptors (Lipinski definition) is 3. The predicted octanol–water partition coefficient (Wildman–Crippen LogP) is 4.50. The van der Waals surface area contributed by atoms with Crippen LogP contribution < -0.4 is 11.2 Å². The van der Waals surface area contributed by atoms with Crippen LogP contribution in [0, 0.1) is 13.8 Å². The zero-order valence-corrected chi connectivity index (χ0v) is 17.4. The second-order valence-electron chi connectivity index (χ2n) is 7.06. The smallest absolute Gasteiger partial charge is 0.288 e. The number of aromatic nitrogens is 2. The molecule has 0 unspecified atom stereocenters. The number of nitrogens with one attached hydrogen (secondary N) is 1. The maximum absolute atomic E-state index is 12.6. The van der Waals surface area contributed by atoms with E-state index in [1.165, 1.54) is 28.5 Å². The molecule has 0 spiro atoms. The van der Waals surface area contributed by atoms with E-state index in [-0.39, 0.29) is 11.2 Å². The number of nitrogens with zero attached hydrogens (tertiary/aromatic N) is 1. The fourth-order valence-corrected chi connectivity index (χ4v) is 4.77. The maximum Gasteiger partial charge on any atom is 0.329 e. The Morgan fingerprint density at radius 3 is 2.32 bits per heavy atom. The van der Waals surface area contributed by atoms with E-state index >= 15 is 0 Å². The van der Waals surface area contributed by atoms with Crippen LogP contribution in [0.1, 0.15) is 35.6 Å². The summed E-state index contributed by atoms with van der Waals surface area (Å²) in [5, 5.41) is 0.759. The Bertz CT molecular complexity index is 1050. The molecule has 0 saturated carbocycles. The third-order valence-electron chi connectivity index (χ3n) is 4.70. The number of rotatable bonds is 7. The van der Waals surface area contributed by atoms with Crippen LogP contribution in [-0.2, 0) is 19.4 Å². The van der Waals surface area contributed by atoms with Crippen LogP contribution in [0.3, 0.4) is 0 Å². The molecule has 0 atom stereocenters. The Morgan fingerprint density at radius 2 is 1.68 bits per heavy atom. The van der Waals surface area contributed by atoms with Crippen LogP contribution in [0.5, 0.6) is 0 Å². The zero-order valence-electron chi connectivity index (χ0n) is 16.6. The summed E-state index contributed by atoms with van der Waals surface area (Å²) in [6, 6.07) is 16.6. The van der Waals surface area contributed by atoms with Gasteiger partial charge in [0.15, 0.2) is 0 Å². The molecule has 0 bridgehead atoms. The Balaban J connectivity index is 1.94. The number of H-pyrrole nitrogens is 1. The van der Waals surface area contributed by atoms with E-state index < -0.39 is 0 Å². The molecule has 0 amide bonds. The highest BCUT2D eigenvalue weighted by Crippen LogP contribution is 2.30. The molecule has 1 heterocycles. The van der Waals surface area contributed by atoms with E-state index in [1.54, 1.807) is 4.57 Å². The van der Waals surface area contributed by atoms with Gasteiger partial charge in [-0.1, -0.05) is 55.1 Å². The van der Waals surface area contributed by atoms with Crippen molar-refractivity contribution in [1.82, 2.24) is 9.55 Å². The minimum absolute atomic E-state index is 0.279. The van der Waals surface area contributed by atoms with Crippen LogP contribution in [0.4, 0.5) is 0 Å². The lowest BCUT2D eigenvalue weighted by Crippen LogP contribution is -2.34. The molecule has 0 saturated heterocycles. The van der Waals surface area contributed by atoms with Gasteiger partial charge in [-0.2, -0.15) is 0 Å². The normalized spacial score (nSPS) is 11.0. The van der Waals surface area contributed by atoms with Crippen molar-refractivity contribution < 1.29 is 0 Å². The number of aromatic amines is 1. The highest BCUT2D eigenvalue weighted by molar-refractivity contribution is 7.99. The first-order valence-electron chi connectivity index (χ1n) is 9.64. The van der Waals surface area contributed by atoms with Gasteiger partial charge < -0.3 is 0 Å². The quantitative estimate of drug-likeness (QED) is 0.600. The summed E-state index contributed by atoms with van der Waals surface area (Å²) in [4.78, 5) is 28.5. The monoisotopic (exact) mass is 394 g/mol. The van der Waals surface area contributed by atoms with Gasteiger partial charge >= 0.3 is 5.69 Å². The van der Waals surface area contributed by atoms with Gasteiger partial charge in [0.1, 0.15) is 0 Å². The summed E-state index contributed by atoms with van der Waals surface area (Å²) in [5.74, 6) is 0. The zero-order chi connectivity index (χ0) is 20.1. The van der Waals surface area contributed by atoms with Crippen LogP contribution in [0.15, 0.2) is 68.0 Å². The average Bonchev–Trinajstić information content (AvgIpc) is 2.64. The van der Waals surface area contributed by atoms with E-state index in [0.717, 1.165) is 22.8 Å². The van der Waals surface area contributed by atoms with Gasteiger partial charge in [0.05, 0.1) is 5.03 Å². The third kappa shape index (κ3) is 4.84. The van der Waals surface area contributed by atoms with Crippen molar-refractivity contribution in [1.29, 1.82) is 0 Å². The van der Waals surface area contributed by atoms with Crippen LogP contribution >= 0.6 is 11.8 Å². The molecule has 146 valence electrons. The van der Waals surface area contributed by atoms with Crippen molar-refractivity contribution in [3.8, 4) is 0 Å². The summed E-state index contributed by atoms with van der Waals surface area (Å²) < 4.78 is 1.73. The Hall–Kier alpha value is -2.53. The van der Waals surface area contributed by atoms with E-state index in [2.05, 4.69) is 49.2 Å². The summed E-state index contributed by atoms with van der Waals surface area (Å²) >= 11 is 1.51. The first kappa shape index (κ1) is 20.2. The van der Waals surface area contributed by atoms with Crippen molar-refractivity contribution >= 4 is 11.8 Å². The summed E-state index contributed by atoms with van der Waals surface area (Å²) in [7, 11) is 0. The second kappa shape index (κ2) is 9.11. The molecule has 1 aromatic heterocycles. The topological polar surface area (TPSA) is 54.9 Å². The van der Waals surface area contributed by atoms with Crippen LogP contribution in [-0.4, -0.2) is 9.55 Å². The van der Waals surface area contributed by atoms with E-state index in [0.29, 0.717) is 18.5 Å². The van der Waals surface area contributed by atoms with Crippen LogP contribution in [0.25, 0.3) is 0 Å². The molecule has 3 aromatic rings. The van der Waals surface area contributed by atoms with Gasteiger partial charge in [-0.15, -0.1) is 0 Å². The SMILES string of the molecule is CCc1c(Sc2cc(C)cc(C)c2)n(CCCc2ccccc2)c(=O)[nH]c1=O. The van der Waals surface area contributed by atoms with Gasteiger partial charge in [0, 0.05) is 17.0 Å². The fourth-order valence-electron chi connectivity index (χ4n) is 3.41. The molecule has 0 aliphatic heterocycles. The highest BCUT2D eigenvalue weighted by atomic mass is 32.2. The Morgan fingerprint density at radius 1 is 1.00 bits per heavy atom. The minimum atomic E-state index is -0.331. The van der Waals surface area contributed by atoms with E-state index in [4.69, 9.17) is 0 Å². The van der Waals surface area contributed by atoms with Crippen molar-refractivity contribution in [3.63, 3.8) is 0 Å². The molecule has 3 rings (SSSR count). The molecule has 0 fully saturated rings. The highest BCUT2D eigenvalue weighted by Gasteiger charge is 2.15. The molecule has 28 heavy (non-hydrogen) atoms. The molecular formula is C23H26N2O2S. The lowest BCUT2D eigenvalue weighted by Gasteiger charge is -2.16. The van der Waals surface area contributed by atoms with Gasteiger partial charge in [-0.25, -0.2) is 4.79 Å². The Labute approximate surface area is 169 Å². The number of aryl methyl sites for hydroxylation is 3. The van der Waals surface area contributed by atoms with E-state index in [9.17, 15) is 9.59 Å². The van der Waals surface area contributed by atoms with E-state index in [1.807, 2.05) is 25.1 Å². The fraction of sp³-hybridized carbons (Fsp3) is 0.304. The molecule has 4 nitrogen and oxygen atoms in total. The van der Waals surface area contributed by atoms with Crippen molar-refractivity contribution in [2.75, 3.05) is 0 Å². The van der Waals surface area contributed by atoms with Crippen molar-refractivity contribution in [2.45, 2.75) is 56.5 Å². The third-order valence-corrected chi connectivity index (χ3v) is 5.83. The Kier molecular flexibility index (Phi) is 6.57. The largest absolute Gasteiger partial charge is 0.329 e. The van der Waals surface area contributed by atoms with Crippen molar-refractivity contribution in [2.24, 2.45) is 0 Å². The average molecular weight is 395 g/mol. The maximum atomic E-state index is 12.6. The standard InChI is InChI=1S/C23H26N2O2S/c1-4-20-21(26)24-23(27)25(12-8-11-18-9-6-5-7-10-18)22(20)28-19-14-16(2)13-17(3)15-19/h5-7,9-10,13-15H,4,8,11-12H2,1-3H3,(H,24,26,27). The molecular weight excluding hydrogens is 368 g/mol. The molecule has 0 radical (unpaired) electrons. The molecule has 0 aliphatic carbocycles. The van der Waals surface area contributed by atoms with Crippen LogP contribution in [0.2, 0.25) is 0 Å². The lowest BCUT2D eigenvalue weighted by molar-refractivity contribution is 0.551. The molecule has 0 aliphatic rings. The molecule has 5 heteroatoms. The van der Waals surface area contributed by atoms with Gasteiger partial charge in [-0.3, -0.25) is 14.3 Å². The predicted molar refractivity (Wildman–Crippen MR) is 116 cm³/mol. The summed E-state index contributed by atoms with van der Waals surface area (Å²) in [6.45, 7) is 6.64. The summed E-state index contributed by atoms with van der Waals surface area (Å²) in [5.41, 5.74) is 3.65. The number of hydrogen-bond donors (Lipinski definition) is 1. The van der Waals surface area contributed by atoms with Crippen molar-refractivity contribution in [3.05, 3.63) is 91.6 Å². The van der Waals surface area contributed by atoms with Gasteiger partial charge in [0.2, 0.25) is 0 Å². The molecule has 2 aromatic carbocycles. The second-order valence-corrected chi connectivity index (χ2v) is 8.13.